The maximum absolute atomic E-state index is 3.74. The fourth-order valence-electron chi connectivity index (χ4n) is 1.07. The van der Waals surface area contributed by atoms with E-state index in [9.17, 15) is 0 Å². The Hall–Kier alpha value is -0.300. The lowest BCUT2D eigenvalue weighted by Crippen LogP contribution is -2.24. The Bertz CT molecular complexity index is 99.0. The minimum absolute atomic E-state index is 0.756. The van der Waals surface area contributed by atoms with Crippen molar-refractivity contribution in [3.63, 3.8) is 0 Å². The summed E-state index contributed by atoms with van der Waals surface area (Å²) in [6.07, 6.45) is 3.14. The van der Waals surface area contributed by atoms with Crippen molar-refractivity contribution in [3.8, 4) is 0 Å². The van der Waals surface area contributed by atoms with Crippen LogP contribution in [0, 0.1) is 11.8 Å². The van der Waals surface area contributed by atoms with E-state index in [-0.39, 0.29) is 0 Å². The molecule has 0 aromatic heterocycles. The summed E-state index contributed by atoms with van der Waals surface area (Å²) in [5.41, 5.74) is 0. The molecule has 0 radical (unpaired) electrons. The minimum atomic E-state index is 0.756. The van der Waals surface area contributed by atoms with Crippen LogP contribution < -0.4 is 5.32 Å². The van der Waals surface area contributed by atoms with Crippen molar-refractivity contribution < 1.29 is 0 Å². The van der Waals surface area contributed by atoms with Gasteiger partial charge in [-0.2, -0.15) is 0 Å². The van der Waals surface area contributed by atoms with E-state index in [1.54, 1.807) is 0 Å². The monoisotopic (exact) mass is 155 g/mol. The Kier molecular flexibility index (Phi) is 6.24. The topological polar surface area (TPSA) is 12.0 Å². The normalized spacial score (nSPS) is 15.9. The van der Waals surface area contributed by atoms with E-state index in [0.29, 0.717) is 0 Å². The molecule has 0 fully saturated rings. The molecule has 0 bridgehead atoms. The van der Waals surface area contributed by atoms with Crippen molar-refractivity contribution in [2.24, 2.45) is 11.8 Å². The van der Waals surface area contributed by atoms with Crippen molar-refractivity contribution >= 4 is 0 Å². The molecule has 2 atom stereocenters. The Morgan fingerprint density at radius 1 is 1.36 bits per heavy atom. The lowest BCUT2D eigenvalue weighted by molar-refractivity contribution is 0.373. The summed E-state index contributed by atoms with van der Waals surface area (Å²) < 4.78 is 0. The highest BCUT2D eigenvalue weighted by Gasteiger charge is 2.08. The fraction of sp³-hybridized carbons (Fsp3) is 0.800. The van der Waals surface area contributed by atoms with Gasteiger partial charge in [0.2, 0.25) is 0 Å². The summed E-state index contributed by atoms with van der Waals surface area (Å²) in [7, 11) is 0. The van der Waals surface area contributed by atoms with Crippen LogP contribution in [0.3, 0.4) is 0 Å². The number of rotatable bonds is 6. The predicted octanol–water partition coefficient (Wildman–Crippen LogP) is 2.44. The van der Waals surface area contributed by atoms with E-state index in [2.05, 4.69) is 32.7 Å². The molecular formula is C10H21N. The van der Waals surface area contributed by atoms with Gasteiger partial charge in [-0.05, 0) is 31.3 Å². The third-order valence-electron chi connectivity index (χ3n) is 2.23. The van der Waals surface area contributed by atoms with Crippen LogP contribution in [0.2, 0.25) is 0 Å². The van der Waals surface area contributed by atoms with Gasteiger partial charge in [-0.1, -0.05) is 26.8 Å². The first kappa shape index (κ1) is 10.7. The second kappa shape index (κ2) is 6.41. The van der Waals surface area contributed by atoms with E-state index in [0.717, 1.165) is 31.3 Å². The van der Waals surface area contributed by atoms with E-state index in [4.69, 9.17) is 0 Å². The van der Waals surface area contributed by atoms with E-state index < -0.39 is 0 Å². The molecule has 1 N–H and O–H groups in total. The lowest BCUT2D eigenvalue weighted by atomic mass is 9.93. The second-order valence-electron chi connectivity index (χ2n) is 3.29. The Balaban J connectivity index is 3.45. The van der Waals surface area contributed by atoms with Crippen LogP contribution >= 0.6 is 0 Å². The maximum atomic E-state index is 3.74. The molecular weight excluding hydrogens is 134 g/mol. The first-order chi connectivity index (χ1) is 5.22. The van der Waals surface area contributed by atoms with Gasteiger partial charge in [0.15, 0.2) is 0 Å². The van der Waals surface area contributed by atoms with Crippen LogP contribution in [0.5, 0.6) is 0 Å². The molecule has 0 aliphatic carbocycles. The van der Waals surface area contributed by atoms with Crippen LogP contribution in [0.15, 0.2) is 12.7 Å². The van der Waals surface area contributed by atoms with Crippen molar-refractivity contribution in [1.82, 2.24) is 5.32 Å². The van der Waals surface area contributed by atoms with Crippen molar-refractivity contribution in [3.05, 3.63) is 12.7 Å². The van der Waals surface area contributed by atoms with Gasteiger partial charge in [0.1, 0.15) is 0 Å². The van der Waals surface area contributed by atoms with Gasteiger partial charge in [0, 0.05) is 0 Å². The summed E-state index contributed by atoms with van der Waals surface area (Å²) in [6, 6.07) is 0. The standard InChI is InChI=1S/C10H21N/c1-5-7-9(3)10(4)8-11-6-2/h5,9-11H,1,6-8H2,2-4H3. The third-order valence-corrected chi connectivity index (χ3v) is 2.23. The SMILES string of the molecule is C=CCC(C)C(C)CNCC. The predicted molar refractivity (Wildman–Crippen MR) is 51.7 cm³/mol. The van der Waals surface area contributed by atoms with Crippen LogP contribution in [-0.4, -0.2) is 13.1 Å². The lowest BCUT2D eigenvalue weighted by Gasteiger charge is -2.18. The highest BCUT2D eigenvalue weighted by Crippen LogP contribution is 2.13. The zero-order valence-corrected chi connectivity index (χ0v) is 8.06. The summed E-state index contributed by atoms with van der Waals surface area (Å²) in [5.74, 6) is 1.51. The molecule has 0 aromatic rings. The van der Waals surface area contributed by atoms with Gasteiger partial charge in [-0.3, -0.25) is 0 Å². The quantitative estimate of drug-likeness (QED) is 0.581. The van der Waals surface area contributed by atoms with Crippen LogP contribution in [0.4, 0.5) is 0 Å². The smallest absolute Gasteiger partial charge is 0.00206 e. The molecule has 0 heterocycles. The summed E-state index contributed by atoms with van der Waals surface area (Å²) >= 11 is 0. The minimum Gasteiger partial charge on any atom is -0.317 e. The van der Waals surface area contributed by atoms with Crippen LogP contribution in [0.25, 0.3) is 0 Å². The summed E-state index contributed by atoms with van der Waals surface area (Å²) in [4.78, 5) is 0. The molecule has 1 heteroatoms. The van der Waals surface area contributed by atoms with E-state index in [1.165, 1.54) is 0 Å². The van der Waals surface area contributed by atoms with E-state index in [1.807, 2.05) is 6.08 Å². The Morgan fingerprint density at radius 2 is 2.00 bits per heavy atom. The van der Waals surface area contributed by atoms with Gasteiger partial charge in [-0.25, -0.2) is 0 Å². The largest absolute Gasteiger partial charge is 0.317 e. The summed E-state index contributed by atoms with van der Waals surface area (Å²) in [5, 5.41) is 3.35. The molecule has 11 heavy (non-hydrogen) atoms. The molecule has 0 rings (SSSR count). The number of hydrogen-bond donors (Lipinski definition) is 1. The van der Waals surface area contributed by atoms with Gasteiger partial charge >= 0.3 is 0 Å². The van der Waals surface area contributed by atoms with Gasteiger partial charge < -0.3 is 5.32 Å². The zero-order valence-electron chi connectivity index (χ0n) is 8.06. The van der Waals surface area contributed by atoms with Gasteiger partial charge in [0.25, 0.3) is 0 Å². The first-order valence-corrected chi connectivity index (χ1v) is 4.54. The zero-order chi connectivity index (χ0) is 8.69. The number of allylic oxidation sites excluding steroid dienone is 1. The molecule has 0 saturated carbocycles. The maximum Gasteiger partial charge on any atom is -0.00206 e. The highest BCUT2D eigenvalue weighted by atomic mass is 14.8. The van der Waals surface area contributed by atoms with Gasteiger partial charge in [0.05, 0.1) is 0 Å². The molecule has 0 spiro atoms. The number of nitrogens with one attached hydrogen (secondary N) is 1. The molecule has 66 valence electrons. The molecule has 0 aliphatic rings. The van der Waals surface area contributed by atoms with Crippen LogP contribution in [-0.2, 0) is 0 Å². The number of hydrogen-bond acceptors (Lipinski definition) is 1. The molecule has 2 unspecified atom stereocenters. The molecule has 0 saturated heterocycles. The summed E-state index contributed by atoms with van der Waals surface area (Å²) in [6.45, 7) is 12.7. The molecule has 1 nitrogen and oxygen atoms in total. The highest BCUT2D eigenvalue weighted by molar-refractivity contribution is 4.74. The third kappa shape index (κ3) is 5.02. The van der Waals surface area contributed by atoms with E-state index >= 15 is 0 Å². The van der Waals surface area contributed by atoms with Crippen molar-refractivity contribution in [1.29, 1.82) is 0 Å². The van der Waals surface area contributed by atoms with Gasteiger partial charge in [-0.15, -0.1) is 6.58 Å². The van der Waals surface area contributed by atoms with Crippen molar-refractivity contribution in [2.75, 3.05) is 13.1 Å². The fourth-order valence-corrected chi connectivity index (χ4v) is 1.07. The molecule has 0 amide bonds. The first-order valence-electron chi connectivity index (χ1n) is 4.54. The molecule has 0 aliphatic heterocycles. The Morgan fingerprint density at radius 3 is 2.45 bits per heavy atom. The van der Waals surface area contributed by atoms with Crippen molar-refractivity contribution in [2.45, 2.75) is 27.2 Å². The Labute approximate surface area is 70.9 Å². The van der Waals surface area contributed by atoms with Crippen LogP contribution in [0.1, 0.15) is 27.2 Å². The average molecular weight is 155 g/mol. The second-order valence-corrected chi connectivity index (χ2v) is 3.29. The molecule has 0 aromatic carbocycles. The average Bonchev–Trinajstić information content (AvgIpc) is 2.00.